The molecule has 3 aromatic rings. The molecule has 5 rings (SSSR count). The minimum absolute atomic E-state index is 0.203. The molecular formula is C21H22FN7O3. The largest absolute Gasteiger partial charge is 0.465 e. The second-order valence-electron chi connectivity index (χ2n) is 8.11. The van der Waals surface area contributed by atoms with E-state index in [9.17, 15) is 19.1 Å². The van der Waals surface area contributed by atoms with Gasteiger partial charge >= 0.3 is 6.09 Å². The smallest absolute Gasteiger partial charge is 0.407 e. The highest BCUT2D eigenvalue weighted by molar-refractivity contribution is 5.92. The van der Waals surface area contributed by atoms with Gasteiger partial charge in [-0.1, -0.05) is 23.4 Å². The average molecular weight is 439 g/mol. The van der Waals surface area contributed by atoms with Crippen molar-refractivity contribution < 1.29 is 19.1 Å². The van der Waals surface area contributed by atoms with Crippen LogP contribution in [0, 0.1) is 5.82 Å². The lowest BCUT2D eigenvalue weighted by Crippen LogP contribution is -2.36. The molecule has 10 nitrogen and oxygen atoms in total. The fraction of sp³-hybridized carbons (Fsp3) is 0.381. The van der Waals surface area contributed by atoms with Crippen LogP contribution in [0.2, 0.25) is 0 Å². The van der Waals surface area contributed by atoms with Crippen molar-refractivity contribution >= 4 is 12.0 Å². The number of aromatic nitrogens is 5. The van der Waals surface area contributed by atoms with E-state index in [1.54, 1.807) is 33.8 Å². The highest BCUT2D eigenvalue weighted by Gasteiger charge is 2.31. The lowest BCUT2D eigenvalue weighted by molar-refractivity contribution is 0.0724. The summed E-state index contributed by atoms with van der Waals surface area (Å²) in [5.74, 6) is -0.875. The Morgan fingerprint density at radius 2 is 2.03 bits per heavy atom. The molecule has 11 heteroatoms. The summed E-state index contributed by atoms with van der Waals surface area (Å²) in [7, 11) is 0. The van der Waals surface area contributed by atoms with E-state index < -0.39 is 6.09 Å². The fourth-order valence-corrected chi connectivity index (χ4v) is 4.42. The molecule has 0 saturated heterocycles. The van der Waals surface area contributed by atoms with Crippen molar-refractivity contribution in [2.75, 3.05) is 19.6 Å². The van der Waals surface area contributed by atoms with Crippen LogP contribution in [0.3, 0.4) is 0 Å². The lowest BCUT2D eigenvalue weighted by Gasteiger charge is -2.24. The number of nitrogens with one attached hydrogen (secondary N) is 1. The monoisotopic (exact) mass is 439 g/mol. The predicted octanol–water partition coefficient (Wildman–Crippen LogP) is 1.66. The van der Waals surface area contributed by atoms with Crippen LogP contribution in [0.4, 0.5) is 9.18 Å². The Bertz CT molecular complexity index is 1170. The normalized spacial score (nSPS) is 18.1. The zero-order valence-electron chi connectivity index (χ0n) is 17.2. The molecule has 0 fully saturated rings. The van der Waals surface area contributed by atoms with Crippen molar-refractivity contribution in [2.45, 2.75) is 31.8 Å². The second kappa shape index (κ2) is 8.06. The van der Waals surface area contributed by atoms with E-state index in [1.807, 2.05) is 0 Å². The molecule has 0 aliphatic carbocycles. The molecule has 2 N–H and O–H groups in total. The SMILES string of the molecule is O=C(O)N1CCn2nc(C(=O)N3CCc4[nH]nnc4C3)cc2C(Cc2ccccc2F)C1. The Labute approximate surface area is 182 Å². The van der Waals surface area contributed by atoms with Crippen LogP contribution in [0.25, 0.3) is 0 Å². The number of carboxylic acid groups (broad SMARTS) is 1. The standard InChI is InChI=1S/C21H22FN7O3/c22-15-4-2-1-3-13(15)9-14-11-28(21(31)32)7-8-29-19(14)10-17(25-29)20(30)27-6-5-16-18(12-27)24-26-23-16/h1-4,10,14H,5-9,11-12H2,(H,31,32)(H,23,24,26). The molecule has 2 amide bonds. The molecule has 2 aliphatic heterocycles. The van der Waals surface area contributed by atoms with Crippen molar-refractivity contribution in [3.05, 3.63) is 64.5 Å². The van der Waals surface area contributed by atoms with Gasteiger partial charge in [0.2, 0.25) is 0 Å². The van der Waals surface area contributed by atoms with Crippen LogP contribution in [-0.4, -0.2) is 71.7 Å². The third-order valence-electron chi connectivity index (χ3n) is 6.13. The van der Waals surface area contributed by atoms with E-state index in [-0.39, 0.29) is 30.7 Å². The predicted molar refractivity (Wildman–Crippen MR) is 109 cm³/mol. The maximum Gasteiger partial charge on any atom is 0.407 e. The lowest BCUT2D eigenvalue weighted by atomic mass is 9.95. The molecule has 4 heterocycles. The summed E-state index contributed by atoms with van der Waals surface area (Å²) < 4.78 is 16.0. The summed E-state index contributed by atoms with van der Waals surface area (Å²) in [6.45, 7) is 1.67. The van der Waals surface area contributed by atoms with E-state index in [2.05, 4.69) is 20.5 Å². The van der Waals surface area contributed by atoms with Crippen LogP contribution in [0.5, 0.6) is 0 Å². The third kappa shape index (κ3) is 3.70. The number of amides is 2. The van der Waals surface area contributed by atoms with E-state index in [1.165, 1.54) is 11.0 Å². The van der Waals surface area contributed by atoms with E-state index in [0.29, 0.717) is 43.7 Å². The summed E-state index contributed by atoms with van der Waals surface area (Å²) in [5.41, 5.74) is 3.22. The van der Waals surface area contributed by atoms with Gasteiger partial charge in [-0.25, -0.2) is 9.18 Å². The third-order valence-corrected chi connectivity index (χ3v) is 6.13. The van der Waals surface area contributed by atoms with Crippen molar-refractivity contribution in [3.63, 3.8) is 0 Å². The van der Waals surface area contributed by atoms with Gasteiger partial charge in [0.1, 0.15) is 11.5 Å². The Balaban J connectivity index is 1.43. The van der Waals surface area contributed by atoms with Gasteiger partial charge in [-0.2, -0.15) is 5.10 Å². The average Bonchev–Trinajstić information content (AvgIpc) is 3.39. The second-order valence-corrected chi connectivity index (χ2v) is 8.11. The number of carbonyl (C=O) groups excluding carboxylic acids is 1. The van der Waals surface area contributed by atoms with Gasteiger partial charge in [-0.15, -0.1) is 5.10 Å². The number of nitrogens with zero attached hydrogens (tertiary/aromatic N) is 6. The first-order valence-corrected chi connectivity index (χ1v) is 10.5. The number of H-pyrrole nitrogens is 1. The van der Waals surface area contributed by atoms with Crippen LogP contribution in [-0.2, 0) is 25.9 Å². The van der Waals surface area contributed by atoms with Gasteiger partial charge in [0.05, 0.1) is 18.8 Å². The quantitative estimate of drug-likeness (QED) is 0.640. The Morgan fingerprint density at radius 1 is 1.19 bits per heavy atom. The molecule has 0 spiro atoms. The summed E-state index contributed by atoms with van der Waals surface area (Å²) >= 11 is 0. The number of rotatable bonds is 3. The van der Waals surface area contributed by atoms with E-state index in [0.717, 1.165) is 17.1 Å². The number of aromatic amines is 1. The van der Waals surface area contributed by atoms with Gasteiger partial charge in [-0.3, -0.25) is 14.6 Å². The minimum Gasteiger partial charge on any atom is -0.465 e. The molecule has 1 atom stereocenters. The van der Waals surface area contributed by atoms with Crippen LogP contribution in [0.15, 0.2) is 30.3 Å². The molecule has 0 bridgehead atoms. The van der Waals surface area contributed by atoms with Crippen molar-refractivity contribution in [2.24, 2.45) is 0 Å². The minimum atomic E-state index is -1.03. The number of halogens is 1. The van der Waals surface area contributed by atoms with Crippen LogP contribution < -0.4 is 0 Å². The number of benzene rings is 1. The molecule has 166 valence electrons. The molecule has 0 saturated carbocycles. The van der Waals surface area contributed by atoms with Crippen molar-refractivity contribution in [1.82, 2.24) is 35.0 Å². The molecule has 1 unspecified atom stereocenters. The highest BCUT2D eigenvalue weighted by atomic mass is 19.1. The number of hydrogen-bond donors (Lipinski definition) is 2. The number of carbonyl (C=O) groups is 2. The number of hydrogen-bond acceptors (Lipinski definition) is 5. The maximum absolute atomic E-state index is 14.3. The molecule has 0 radical (unpaired) electrons. The van der Waals surface area contributed by atoms with Gasteiger partial charge in [0, 0.05) is 37.7 Å². The van der Waals surface area contributed by atoms with Crippen LogP contribution in [0.1, 0.15) is 39.1 Å². The molecule has 1 aromatic carbocycles. The van der Waals surface area contributed by atoms with E-state index in [4.69, 9.17) is 0 Å². The van der Waals surface area contributed by atoms with Gasteiger partial charge in [0.15, 0.2) is 5.69 Å². The summed E-state index contributed by atoms with van der Waals surface area (Å²) in [6.07, 6.45) is -0.0743. The molecule has 32 heavy (non-hydrogen) atoms. The maximum atomic E-state index is 14.3. The van der Waals surface area contributed by atoms with Crippen molar-refractivity contribution in [1.29, 1.82) is 0 Å². The fourth-order valence-electron chi connectivity index (χ4n) is 4.42. The number of fused-ring (bicyclic) bond motifs is 2. The Morgan fingerprint density at radius 3 is 2.84 bits per heavy atom. The Hall–Kier alpha value is -3.76. The zero-order valence-corrected chi connectivity index (χ0v) is 17.2. The molecule has 2 aliphatic rings. The van der Waals surface area contributed by atoms with Gasteiger partial charge in [-0.05, 0) is 24.1 Å². The van der Waals surface area contributed by atoms with E-state index >= 15 is 0 Å². The molecular weight excluding hydrogens is 417 g/mol. The van der Waals surface area contributed by atoms with Crippen molar-refractivity contribution in [3.8, 4) is 0 Å². The summed E-state index contributed by atoms with van der Waals surface area (Å²) in [6, 6.07) is 8.18. The van der Waals surface area contributed by atoms with Gasteiger partial charge < -0.3 is 14.9 Å². The van der Waals surface area contributed by atoms with Crippen LogP contribution >= 0.6 is 0 Å². The highest BCUT2D eigenvalue weighted by Crippen LogP contribution is 2.28. The van der Waals surface area contributed by atoms with Gasteiger partial charge in [0.25, 0.3) is 5.91 Å². The Kier molecular flexibility index (Phi) is 5.08. The first kappa shape index (κ1) is 20.2. The first-order valence-electron chi connectivity index (χ1n) is 10.5. The summed E-state index contributed by atoms with van der Waals surface area (Å²) in [5, 5.41) is 24.7. The zero-order chi connectivity index (χ0) is 22.2. The summed E-state index contributed by atoms with van der Waals surface area (Å²) in [4.78, 5) is 27.8. The molecule has 2 aromatic heterocycles. The first-order chi connectivity index (χ1) is 15.5. The topological polar surface area (TPSA) is 120 Å².